The van der Waals surface area contributed by atoms with Gasteiger partial charge >= 0.3 is 11.9 Å². The highest BCUT2D eigenvalue weighted by Gasteiger charge is 2.37. The topological polar surface area (TPSA) is 179 Å². The summed E-state index contributed by atoms with van der Waals surface area (Å²) in [6, 6.07) is 22.5. The molecule has 1 unspecified atom stereocenters. The molecule has 0 saturated heterocycles. The summed E-state index contributed by atoms with van der Waals surface area (Å²) in [4.78, 5) is 57.3. The molecule has 2 amide bonds. The molecule has 0 spiro atoms. The predicted octanol–water partition coefficient (Wildman–Crippen LogP) is 4.33. The fourth-order valence-electron chi connectivity index (χ4n) is 5.71. The third kappa shape index (κ3) is 8.44. The SMILES string of the molecule is C=CC(=O)NC1CC[C@@H](N(C)c2nnc(C(N)=O)c(Nc3ccc(C(=O)OCc4ccccc4)c(C(=O)OCc4ccccc4)c3)n2)[C@H]1C. The summed E-state index contributed by atoms with van der Waals surface area (Å²) < 4.78 is 11.1. The maximum Gasteiger partial charge on any atom is 0.339 e. The zero-order chi connectivity index (χ0) is 34.9. The number of carbonyl (C=O) groups is 4. The Morgan fingerprint density at radius 2 is 1.51 bits per heavy atom. The van der Waals surface area contributed by atoms with Gasteiger partial charge in [-0.3, -0.25) is 9.59 Å². The molecule has 13 heteroatoms. The van der Waals surface area contributed by atoms with E-state index in [-0.39, 0.29) is 65.7 Å². The number of esters is 2. The summed E-state index contributed by atoms with van der Waals surface area (Å²) in [5.74, 6) is -2.35. The normalized spacial score (nSPS) is 16.7. The lowest BCUT2D eigenvalue weighted by Gasteiger charge is -2.29. The minimum Gasteiger partial charge on any atom is -0.457 e. The molecule has 1 aliphatic rings. The molecule has 252 valence electrons. The number of amides is 2. The molecule has 3 atom stereocenters. The minimum absolute atomic E-state index is 0.00400. The van der Waals surface area contributed by atoms with Crippen LogP contribution < -0.4 is 21.3 Å². The van der Waals surface area contributed by atoms with Crippen LogP contribution in [0.5, 0.6) is 0 Å². The van der Waals surface area contributed by atoms with E-state index in [4.69, 9.17) is 15.2 Å². The Hall–Kier alpha value is -6.11. The highest BCUT2D eigenvalue weighted by atomic mass is 16.5. The number of hydrogen-bond donors (Lipinski definition) is 3. The van der Waals surface area contributed by atoms with Crippen molar-refractivity contribution in [3.05, 3.63) is 119 Å². The van der Waals surface area contributed by atoms with Gasteiger partial charge in [-0.05, 0) is 54.2 Å². The molecule has 0 radical (unpaired) electrons. The standard InChI is InChI=1S/C36H37N7O6/c1-4-30(44)39-28-17-18-29(22(28)2)43(3)36-40-33(31(32(37)45)41-42-36)38-25-15-16-26(34(46)48-20-23-11-7-5-8-12-23)27(19-25)35(47)49-21-24-13-9-6-10-14-24/h4-16,19,22,28-29H,1,17-18,20-21H2,2-3H3,(H2,37,45)(H,39,44)(H,38,40,42)/t22-,28?,29+/m0/s1. The van der Waals surface area contributed by atoms with Crippen LogP contribution in [0.15, 0.2) is 91.5 Å². The van der Waals surface area contributed by atoms with Crippen LogP contribution in [0.1, 0.15) is 62.1 Å². The van der Waals surface area contributed by atoms with Crippen LogP contribution in [0.2, 0.25) is 0 Å². The van der Waals surface area contributed by atoms with Gasteiger partial charge in [0, 0.05) is 24.8 Å². The molecule has 3 aromatic carbocycles. The molecule has 49 heavy (non-hydrogen) atoms. The number of ether oxygens (including phenoxy) is 2. The first-order chi connectivity index (χ1) is 23.6. The molecule has 1 fully saturated rings. The van der Waals surface area contributed by atoms with Crippen molar-refractivity contribution in [2.75, 3.05) is 17.3 Å². The second-order valence-electron chi connectivity index (χ2n) is 11.6. The van der Waals surface area contributed by atoms with Crippen molar-refractivity contribution in [1.82, 2.24) is 20.5 Å². The van der Waals surface area contributed by atoms with Crippen LogP contribution in [-0.4, -0.2) is 58.1 Å². The molecule has 1 heterocycles. The van der Waals surface area contributed by atoms with Crippen molar-refractivity contribution in [3.63, 3.8) is 0 Å². The van der Waals surface area contributed by atoms with Gasteiger partial charge in [-0.25, -0.2) is 9.59 Å². The fraction of sp³-hybridized carbons (Fsp3) is 0.250. The van der Waals surface area contributed by atoms with Gasteiger partial charge in [-0.1, -0.05) is 74.2 Å². The van der Waals surface area contributed by atoms with E-state index in [0.717, 1.165) is 24.0 Å². The molecule has 5 rings (SSSR count). The van der Waals surface area contributed by atoms with Crippen LogP contribution in [0.4, 0.5) is 17.5 Å². The zero-order valence-corrected chi connectivity index (χ0v) is 27.2. The van der Waals surface area contributed by atoms with Gasteiger partial charge in [0.15, 0.2) is 11.5 Å². The molecule has 1 aromatic heterocycles. The smallest absolute Gasteiger partial charge is 0.339 e. The second-order valence-corrected chi connectivity index (χ2v) is 11.6. The Kier molecular flexibility index (Phi) is 10.9. The molecular formula is C36H37N7O6. The molecule has 4 N–H and O–H groups in total. The van der Waals surface area contributed by atoms with E-state index in [9.17, 15) is 19.2 Å². The van der Waals surface area contributed by atoms with Crippen molar-refractivity contribution in [1.29, 1.82) is 0 Å². The van der Waals surface area contributed by atoms with E-state index in [2.05, 4.69) is 32.4 Å². The highest BCUT2D eigenvalue weighted by molar-refractivity contribution is 6.04. The highest BCUT2D eigenvalue weighted by Crippen LogP contribution is 2.32. The van der Waals surface area contributed by atoms with Crippen LogP contribution in [0, 0.1) is 5.92 Å². The Morgan fingerprint density at radius 1 is 0.898 bits per heavy atom. The van der Waals surface area contributed by atoms with E-state index in [1.165, 1.54) is 24.3 Å². The number of carbonyl (C=O) groups excluding carboxylic acids is 4. The lowest BCUT2D eigenvalue weighted by atomic mass is 10.0. The number of benzene rings is 3. The quantitative estimate of drug-likeness (QED) is 0.137. The summed E-state index contributed by atoms with van der Waals surface area (Å²) >= 11 is 0. The monoisotopic (exact) mass is 663 g/mol. The van der Waals surface area contributed by atoms with Gasteiger partial charge in [-0.2, -0.15) is 4.98 Å². The largest absolute Gasteiger partial charge is 0.457 e. The number of nitrogens with zero attached hydrogens (tertiary/aromatic N) is 4. The maximum atomic E-state index is 13.4. The van der Waals surface area contributed by atoms with Crippen LogP contribution >= 0.6 is 0 Å². The average molecular weight is 664 g/mol. The number of primary amides is 1. The molecule has 1 saturated carbocycles. The van der Waals surface area contributed by atoms with Crippen LogP contribution in [0.3, 0.4) is 0 Å². The number of nitrogens with two attached hydrogens (primary N) is 1. The molecule has 4 aromatic rings. The summed E-state index contributed by atoms with van der Waals surface area (Å²) in [6.45, 7) is 5.53. The van der Waals surface area contributed by atoms with Crippen LogP contribution in [-0.2, 0) is 27.5 Å². The van der Waals surface area contributed by atoms with Crippen LogP contribution in [0.25, 0.3) is 0 Å². The predicted molar refractivity (Wildman–Crippen MR) is 182 cm³/mol. The van der Waals surface area contributed by atoms with E-state index < -0.39 is 17.8 Å². The van der Waals surface area contributed by atoms with Gasteiger partial charge in [0.25, 0.3) is 5.91 Å². The number of hydrogen-bond acceptors (Lipinski definition) is 11. The minimum atomic E-state index is -0.873. The Labute approximate surface area is 283 Å². The Bertz CT molecular complexity index is 1840. The van der Waals surface area contributed by atoms with Crippen molar-refractivity contribution in [3.8, 4) is 0 Å². The molecular weight excluding hydrogens is 626 g/mol. The summed E-state index contributed by atoms with van der Waals surface area (Å²) in [5, 5.41) is 14.2. The van der Waals surface area contributed by atoms with E-state index in [1.54, 1.807) is 7.05 Å². The fourth-order valence-corrected chi connectivity index (χ4v) is 5.71. The zero-order valence-electron chi connectivity index (χ0n) is 27.2. The molecule has 13 nitrogen and oxygen atoms in total. The lowest BCUT2D eigenvalue weighted by Crippen LogP contribution is -2.42. The summed E-state index contributed by atoms with van der Waals surface area (Å²) in [5.41, 5.74) is 7.15. The van der Waals surface area contributed by atoms with Gasteiger partial charge in [0.1, 0.15) is 13.2 Å². The lowest BCUT2D eigenvalue weighted by molar-refractivity contribution is -0.117. The number of nitrogens with one attached hydrogen (secondary N) is 2. The number of aromatic nitrogens is 3. The van der Waals surface area contributed by atoms with E-state index in [1.807, 2.05) is 72.5 Å². The molecule has 0 aliphatic heterocycles. The third-order valence-corrected chi connectivity index (χ3v) is 8.40. The van der Waals surface area contributed by atoms with Gasteiger partial charge in [0.2, 0.25) is 11.9 Å². The van der Waals surface area contributed by atoms with Gasteiger partial charge in [0.05, 0.1) is 11.1 Å². The second kappa shape index (κ2) is 15.7. The molecule has 0 bridgehead atoms. The first kappa shape index (κ1) is 34.2. The summed E-state index contributed by atoms with van der Waals surface area (Å²) in [7, 11) is 1.81. The first-order valence-corrected chi connectivity index (χ1v) is 15.7. The molecule has 1 aliphatic carbocycles. The summed E-state index contributed by atoms with van der Waals surface area (Å²) in [6.07, 6.45) is 2.74. The van der Waals surface area contributed by atoms with Gasteiger partial charge < -0.3 is 30.7 Å². The van der Waals surface area contributed by atoms with Crippen molar-refractivity contribution in [2.24, 2.45) is 11.7 Å². The maximum absolute atomic E-state index is 13.4. The number of rotatable bonds is 13. The van der Waals surface area contributed by atoms with E-state index >= 15 is 0 Å². The van der Waals surface area contributed by atoms with Crippen molar-refractivity contribution < 1.29 is 28.7 Å². The third-order valence-electron chi connectivity index (χ3n) is 8.40. The number of anilines is 3. The Balaban J connectivity index is 1.41. The van der Waals surface area contributed by atoms with E-state index in [0.29, 0.717) is 5.69 Å². The first-order valence-electron chi connectivity index (χ1n) is 15.7. The van der Waals surface area contributed by atoms with Gasteiger partial charge in [-0.15, -0.1) is 10.2 Å². The van der Waals surface area contributed by atoms with Crippen molar-refractivity contribution >= 4 is 41.2 Å². The van der Waals surface area contributed by atoms with Crippen molar-refractivity contribution in [2.45, 2.75) is 45.1 Å². The average Bonchev–Trinajstić information content (AvgIpc) is 3.48. The Morgan fingerprint density at radius 3 is 2.10 bits per heavy atom.